The fourth-order valence-corrected chi connectivity index (χ4v) is 4.39. The highest BCUT2D eigenvalue weighted by atomic mass is 32.1. The molecular formula is C22H25NO7S. The first-order chi connectivity index (χ1) is 14.9. The predicted octanol–water partition coefficient (Wildman–Crippen LogP) is 3.29. The molecule has 8 nitrogen and oxygen atoms in total. The number of benzene rings is 1. The summed E-state index contributed by atoms with van der Waals surface area (Å²) < 4.78 is 21.2. The molecular weight excluding hydrogens is 422 g/mol. The van der Waals surface area contributed by atoms with Crippen molar-refractivity contribution in [2.24, 2.45) is 0 Å². The van der Waals surface area contributed by atoms with Crippen LogP contribution in [0.1, 0.15) is 40.2 Å². The zero-order chi connectivity index (χ0) is 22.4. The lowest BCUT2D eigenvalue weighted by Gasteiger charge is -2.18. The van der Waals surface area contributed by atoms with Crippen molar-refractivity contribution in [2.45, 2.75) is 33.6 Å². The Balaban J connectivity index is 1.58. The number of hydrogen-bond acceptors (Lipinski definition) is 8. The Hall–Kier alpha value is -3.07. The van der Waals surface area contributed by atoms with Crippen molar-refractivity contribution in [3.05, 3.63) is 39.8 Å². The lowest BCUT2D eigenvalue weighted by Crippen LogP contribution is -2.22. The number of carbonyl (C=O) groups is 3. The third-order valence-electron chi connectivity index (χ3n) is 4.61. The molecule has 0 unspecified atom stereocenters. The largest absolute Gasteiger partial charge is 0.486 e. The standard InChI is InChI=1S/C22H25NO7S/c1-4-15-13(3)31-21(20(15)22(26)27-5-2)23-18(24)12-30-19(25)11-14-6-7-16-17(10-14)29-9-8-28-16/h6-7,10H,4-5,8-9,11-12H2,1-3H3,(H,23,24). The number of hydrogen-bond donors (Lipinski definition) is 1. The second kappa shape index (κ2) is 10.3. The molecule has 31 heavy (non-hydrogen) atoms. The summed E-state index contributed by atoms with van der Waals surface area (Å²) in [6, 6.07) is 5.22. The normalized spacial score (nSPS) is 12.2. The minimum Gasteiger partial charge on any atom is -0.486 e. The molecule has 1 amide bonds. The van der Waals surface area contributed by atoms with Gasteiger partial charge in [0.15, 0.2) is 18.1 Å². The topological polar surface area (TPSA) is 100 Å². The van der Waals surface area contributed by atoms with Crippen LogP contribution >= 0.6 is 11.3 Å². The van der Waals surface area contributed by atoms with Gasteiger partial charge in [-0.1, -0.05) is 13.0 Å². The number of carbonyl (C=O) groups excluding carboxylic acids is 3. The van der Waals surface area contributed by atoms with Crippen LogP contribution in [-0.2, 0) is 31.9 Å². The Kier molecular flexibility index (Phi) is 7.51. The van der Waals surface area contributed by atoms with Crippen molar-refractivity contribution < 1.29 is 33.3 Å². The Bertz CT molecular complexity index is 982. The van der Waals surface area contributed by atoms with Crippen LogP contribution in [0.4, 0.5) is 5.00 Å². The van der Waals surface area contributed by atoms with Crippen LogP contribution in [0, 0.1) is 6.92 Å². The number of amides is 1. The van der Waals surface area contributed by atoms with E-state index in [1.165, 1.54) is 11.3 Å². The summed E-state index contributed by atoms with van der Waals surface area (Å²) in [5.74, 6) is -0.327. The number of thiophene rings is 1. The highest BCUT2D eigenvalue weighted by Crippen LogP contribution is 2.34. The average molecular weight is 448 g/mol. The van der Waals surface area contributed by atoms with Crippen LogP contribution in [0.2, 0.25) is 0 Å². The highest BCUT2D eigenvalue weighted by Gasteiger charge is 2.24. The van der Waals surface area contributed by atoms with E-state index in [9.17, 15) is 14.4 Å². The van der Waals surface area contributed by atoms with E-state index in [1.807, 2.05) is 13.8 Å². The first kappa shape index (κ1) is 22.6. The van der Waals surface area contributed by atoms with Gasteiger partial charge in [0.25, 0.3) is 5.91 Å². The second-order valence-electron chi connectivity index (χ2n) is 6.78. The summed E-state index contributed by atoms with van der Waals surface area (Å²) in [4.78, 5) is 37.8. The number of ether oxygens (including phenoxy) is 4. The van der Waals surface area contributed by atoms with Crippen LogP contribution in [0.3, 0.4) is 0 Å². The van der Waals surface area contributed by atoms with Crippen LogP contribution in [0.25, 0.3) is 0 Å². The van der Waals surface area contributed by atoms with Crippen LogP contribution in [0.15, 0.2) is 18.2 Å². The first-order valence-corrected chi connectivity index (χ1v) is 10.9. The molecule has 1 aromatic heterocycles. The van der Waals surface area contributed by atoms with Crippen molar-refractivity contribution in [3.63, 3.8) is 0 Å². The molecule has 1 aromatic carbocycles. The monoisotopic (exact) mass is 447 g/mol. The minimum atomic E-state index is -0.547. The lowest BCUT2D eigenvalue weighted by molar-refractivity contribution is -0.146. The number of esters is 2. The highest BCUT2D eigenvalue weighted by molar-refractivity contribution is 7.16. The van der Waals surface area contributed by atoms with Crippen molar-refractivity contribution >= 4 is 34.2 Å². The van der Waals surface area contributed by atoms with E-state index in [1.54, 1.807) is 25.1 Å². The Morgan fingerprint density at radius 1 is 1.10 bits per heavy atom. The van der Waals surface area contributed by atoms with Crippen molar-refractivity contribution in [2.75, 3.05) is 31.7 Å². The Labute approximate surface area is 184 Å². The van der Waals surface area contributed by atoms with Gasteiger partial charge >= 0.3 is 11.9 Å². The van der Waals surface area contributed by atoms with Gasteiger partial charge in [0.2, 0.25) is 0 Å². The van der Waals surface area contributed by atoms with E-state index in [-0.39, 0.29) is 13.0 Å². The maximum Gasteiger partial charge on any atom is 0.341 e. The van der Waals surface area contributed by atoms with E-state index in [4.69, 9.17) is 18.9 Å². The van der Waals surface area contributed by atoms with Crippen LogP contribution < -0.4 is 14.8 Å². The molecule has 0 bridgehead atoms. The molecule has 1 N–H and O–H groups in total. The molecule has 2 aromatic rings. The predicted molar refractivity (Wildman–Crippen MR) is 115 cm³/mol. The average Bonchev–Trinajstić information content (AvgIpc) is 3.07. The number of fused-ring (bicyclic) bond motifs is 1. The zero-order valence-corrected chi connectivity index (χ0v) is 18.6. The molecule has 9 heteroatoms. The smallest absolute Gasteiger partial charge is 0.341 e. The molecule has 0 aliphatic carbocycles. The number of anilines is 1. The molecule has 1 aliphatic heterocycles. The molecule has 1 aliphatic rings. The Morgan fingerprint density at radius 3 is 2.55 bits per heavy atom. The van der Waals surface area contributed by atoms with Crippen molar-refractivity contribution in [3.8, 4) is 11.5 Å². The summed E-state index contributed by atoms with van der Waals surface area (Å²) in [7, 11) is 0. The van der Waals surface area contributed by atoms with Crippen LogP contribution in [0.5, 0.6) is 11.5 Å². The van der Waals surface area contributed by atoms with Gasteiger partial charge in [-0.15, -0.1) is 11.3 Å². The molecule has 3 rings (SSSR count). The van der Waals surface area contributed by atoms with E-state index < -0.39 is 24.5 Å². The SMILES string of the molecule is CCOC(=O)c1c(NC(=O)COC(=O)Cc2ccc3c(c2)OCCO3)sc(C)c1CC. The van der Waals surface area contributed by atoms with E-state index >= 15 is 0 Å². The molecule has 166 valence electrons. The third-order valence-corrected chi connectivity index (χ3v) is 5.68. The molecule has 0 radical (unpaired) electrons. The summed E-state index contributed by atoms with van der Waals surface area (Å²) in [6.07, 6.45) is 0.632. The molecule has 2 heterocycles. The van der Waals surface area contributed by atoms with Crippen molar-refractivity contribution in [1.29, 1.82) is 0 Å². The van der Waals surface area contributed by atoms with Gasteiger partial charge in [0.05, 0.1) is 18.6 Å². The zero-order valence-electron chi connectivity index (χ0n) is 17.7. The molecule has 0 saturated heterocycles. The van der Waals surface area contributed by atoms with Gasteiger partial charge in [-0.05, 0) is 43.5 Å². The third kappa shape index (κ3) is 5.55. The lowest BCUT2D eigenvalue weighted by atomic mass is 10.1. The van der Waals surface area contributed by atoms with Gasteiger partial charge in [-0.25, -0.2) is 4.79 Å². The van der Waals surface area contributed by atoms with Gasteiger partial charge in [-0.3, -0.25) is 9.59 Å². The summed E-state index contributed by atoms with van der Waals surface area (Å²) >= 11 is 1.30. The van der Waals surface area contributed by atoms with E-state index in [2.05, 4.69) is 5.32 Å². The molecule has 0 saturated carbocycles. The van der Waals surface area contributed by atoms with E-state index in [0.717, 1.165) is 10.4 Å². The maximum atomic E-state index is 12.3. The Morgan fingerprint density at radius 2 is 1.84 bits per heavy atom. The van der Waals surface area contributed by atoms with Gasteiger partial charge in [0.1, 0.15) is 18.2 Å². The van der Waals surface area contributed by atoms with E-state index in [0.29, 0.717) is 47.3 Å². The number of aryl methyl sites for hydroxylation is 1. The summed E-state index contributed by atoms with van der Waals surface area (Å²) in [5.41, 5.74) is 1.90. The number of rotatable bonds is 8. The van der Waals surface area contributed by atoms with Gasteiger partial charge in [-0.2, -0.15) is 0 Å². The number of nitrogens with one attached hydrogen (secondary N) is 1. The molecule has 0 spiro atoms. The maximum absolute atomic E-state index is 12.3. The van der Waals surface area contributed by atoms with Gasteiger partial charge in [0, 0.05) is 4.88 Å². The molecule has 0 atom stereocenters. The van der Waals surface area contributed by atoms with Gasteiger partial charge < -0.3 is 24.3 Å². The quantitative estimate of drug-likeness (QED) is 0.620. The second-order valence-corrected chi connectivity index (χ2v) is 8.00. The fraction of sp³-hybridized carbons (Fsp3) is 0.409. The first-order valence-electron chi connectivity index (χ1n) is 10.1. The summed E-state index contributed by atoms with van der Waals surface area (Å²) in [5, 5.41) is 3.07. The molecule has 0 fully saturated rings. The van der Waals surface area contributed by atoms with Crippen molar-refractivity contribution in [1.82, 2.24) is 0 Å². The van der Waals surface area contributed by atoms with Crippen LogP contribution in [-0.4, -0.2) is 44.3 Å². The minimum absolute atomic E-state index is 0.00388. The summed E-state index contributed by atoms with van der Waals surface area (Å²) in [6.45, 7) is 6.27. The fourth-order valence-electron chi connectivity index (χ4n) is 3.24.